The van der Waals surface area contributed by atoms with Gasteiger partial charge < -0.3 is 10.2 Å². The van der Waals surface area contributed by atoms with Crippen LogP contribution in [0.3, 0.4) is 0 Å². The lowest BCUT2D eigenvalue weighted by Gasteiger charge is -2.28. The Morgan fingerprint density at radius 2 is 1.72 bits per heavy atom. The van der Waals surface area contributed by atoms with Gasteiger partial charge in [-0.1, -0.05) is 47.5 Å². The highest BCUT2D eigenvalue weighted by molar-refractivity contribution is 6.30. The van der Waals surface area contributed by atoms with Crippen LogP contribution in [0.1, 0.15) is 18.1 Å². The molecule has 0 bridgehead atoms. The van der Waals surface area contributed by atoms with E-state index in [2.05, 4.69) is 5.32 Å². The average Bonchev–Trinajstić information content (AvgIpc) is 2.59. The molecule has 0 saturated carbocycles. The molecule has 0 aliphatic carbocycles. The second-order valence-electron chi connectivity index (χ2n) is 5.75. The minimum Gasteiger partial charge on any atom is -0.357 e. The van der Waals surface area contributed by atoms with E-state index < -0.39 is 6.04 Å². The summed E-state index contributed by atoms with van der Waals surface area (Å²) in [5.41, 5.74) is 1.71. The van der Waals surface area contributed by atoms with Crippen molar-refractivity contribution in [3.05, 3.63) is 69.7 Å². The van der Waals surface area contributed by atoms with Crippen molar-refractivity contribution in [1.29, 1.82) is 0 Å². The number of halogens is 2. The first-order valence-electron chi connectivity index (χ1n) is 7.90. The molecule has 2 aromatic carbocycles. The molecule has 0 aliphatic rings. The molecule has 0 saturated heterocycles. The largest absolute Gasteiger partial charge is 0.357 e. The Kier molecular flexibility index (Phi) is 6.85. The van der Waals surface area contributed by atoms with Crippen molar-refractivity contribution in [3.63, 3.8) is 0 Å². The lowest BCUT2D eigenvalue weighted by molar-refractivity contribution is -0.139. The summed E-state index contributed by atoms with van der Waals surface area (Å²) in [5.74, 6) is -0.360. The summed E-state index contributed by atoms with van der Waals surface area (Å²) >= 11 is 11.9. The number of rotatable bonds is 6. The van der Waals surface area contributed by atoms with E-state index in [-0.39, 0.29) is 18.2 Å². The minimum absolute atomic E-state index is 0.145. The molecule has 25 heavy (non-hydrogen) atoms. The topological polar surface area (TPSA) is 49.4 Å². The molecule has 0 aromatic heterocycles. The van der Waals surface area contributed by atoms with Crippen molar-refractivity contribution in [2.75, 3.05) is 7.05 Å². The second kappa shape index (κ2) is 8.88. The van der Waals surface area contributed by atoms with Crippen molar-refractivity contribution in [2.24, 2.45) is 0 Å². The van der Waals surface area contributed by atoms with Crippen LogP contribution >= 0.6 is 23.2 Å². The minimum atomic E-state index is -0.590. The Bertz CT molecular complexity index is 747. The van der Waals surface area contributed by atoms with E-state index >= 15 is 0 Å². The normalized spacial score (nSPS) is 11.7. The number of amides is 2. The molecule has 1 atom stereocenters. The van der Waals surface area contributed by atoms with E-state index in [1.165, 1.54) is 0 Å². The van der Waals surface area contributed by atoms with Crippen molar-refractivity contribution in [2.45, 2.75) is 25.9 Å². The maximum absolute atomic E-state index is 12.8. The number of hydrogen-bond acceptors (Lipinski definition) is 2. The van der Waals surface area contributed by atoms with Crippen molar-refractivity contribution >= 4 is 35.0 Å². The average molecular weight is 379 g/mol. The number of hydrogen-bond donors (Lipinski definition) is 1. The molecule has 4 nitrogen and oxygen atoms in total. The third-order valence-electron chi connectivity index (χ3n) is 3.92. The van der Waals surface area contributed by atoms with Crippen molar-refractivity contribution in [3.8, 4) is 0 Å². The third kappa shape index (κ3) is 5.48. The van der Waals surface area contributed by atoms with Gasteiger partial charge >= 0.3 is 0 Å². The van der Waals surface area contributed by atoms with Gasteiger partial charge in [-0.3, -0.25) is 9.59 Å². The predicted octanol–water partition coefficient (Wildman–Crippen LogP) is 3.70. The summed E-state index contributed by atoms with van der Waals surface area (Å²) in [6.45, 7) is 2.04. The Morgan fingerprint density at radius 3 is 2.32 bits per heavy atom. The molecule has 2 amide bonds. The molecule has 0 aliphatic heterocycles. The molecular formula is C19H20Cl2N2O2. The van der Waals surface area contributed by atoms with Crippen LogP contribution in [0.15, 0.2) is 48.5 Å². The zero-order chi connectivity index (χ0) is 18.4. The Balaban J connectivity index is 2.21. The zero-order valence-corrected chi connectivity index (χ0v) is 15.6. The van der Waals surface area contributed by atoms with Crippen LogP contribution in [-0.4, -0.2) is 29.8 Å². The smallest absolute Gasteiger partial charge is 0.242 e. The number of carbonyl (C=O) groups excluding carboxylic acids is 2. The van der Waals surface area contributed by atoms with Gasteiger partial charge in [0.2, 0.25) is 11.8 Å². The van der Waals surface area contributed by atoms with Crippen LogP contribution in [0, 0.1) is 0 Å². The maximum Gasteiger partial charge on any atom is 0.242 e. The van der Waals surface area contributed by atoms with Gasteiger partial charge in [0.05, 0.1) is 6.42 Å². The van der Waals surface area contributed by atoms with E-state index in [1.54, 1.807) is 49.2 Å². The van der Waals surface area contributed by atoms with Gasteiger partial charge in [0.25, 0.3) is 0 Å². The first kappa shape index (κ1) is 19.3. The summed E-state index contributed by atoms with van der Waals surface area (Å²) in [7, 11) is 1.56. The Labute approximate surface area is 157 Å². The number of carbonyl (C=O) groups is 2. The van der Waals surface area contributed by atoms with Crippen LogP contribution in [0.4, 0.5) is 0 Å². The standard InChI is InChI=1S/C19H20Cl2N2O2/c1-13(19(25)22-2)23(12-14-6-8-16(20)9-7-14)18(24)11-15-4-3-5-17(21)10-15/h3-10,13H,11-12H2,1-2H3,(H,22,25). The van der Waals surface area contributed by atoms with Crippen molar-refractivity contribution < 1.29 is 9.59 Å². The summed E-state index contributed by atoms with van der Waals surface area (Å²) in [6.07, 6.45) is 0.176. The lowest BCUT2D eigenvalue weighted by Crippen LogP contribution is -2.47. The van der Waals surface area contributed by atoms with Gasteiger partial charge in [-0.2, -0.15) is 0 Å². The predicted molar refractivity (Wildman–Crippen MR) is 101 cm³/mol. The van der Waals surface area contributed by atoms with E-state index in [1.807, 2.05) is 18.2 Å². The van der Waals surface area contributed by atoms with Crippen LogP contribution < -0.4 is 5.32 Å². The first-order chi connectivity index (χ1) is 11.9. The van der Waals surface area contributed by atoms with Crippen molar-refractivity contribution in [1.82, 2.24) is 10.2 Å². The molecule has 0 spiro atoms. The van der Waals surface area contributed by atoms with Gasteiger partial charge in [-0.25, -0.2) is 0 Å². The Hall–Kier alpha value is -2.04. The second-order valence-corrected chi connectivity index (χ2v) is 6.62. The highest BCUT2D eigenvalue weighted by Gasteiger charge is 2.25. The molecule has 1 unspecified atom stereocenters. The Morgan fingerprint density at radius 1 is 1.04 bits per heavy atom. The highest BCUT2D eigenvalue weighted by Crippen LogP contribution is 2.16. The molecule has 132 valence electrons. The lowest BCUT2D eigenvalue weighted by atomic mass is 10.1. The number of benzene rings is 2. The van der Waals surface area contributed by atoms with E-state index in [0.717, 1.165) is 11.1 Å². The summed E-state index contributed by atoms with van der Waals surface area (Å²) < 4.78 is 0. The van der Waals surface area contributed by atoms with Crippen LogP contribution in [0.25, 0.3) is 0 Å². The maximum atomic E-state index is 12.8. The summed E-state index contributed by atoms with van der Waals surface area (Å²) in [6, 6.07) is 13.8. The zero-order valence-electron chi connectivity index (χ0n) is 14.1. The van der Waals surface area contributed by atoms with Gasteiger partial charge in [0, 0.05) is 23.6 Å². The molecule has 2 aromatic rings. The highest BCUT2D eigenvalue weighted by atomic mass is 35.5. The molecule has 6 heteroatoms. The quantitative estimate of drug-likeness (QED) is 0.832. The number of likely N-dealkylation sites (N-methyl/N-ethyl adjacent to an activating group) is 1. The van der Waals surface area contributed by atoms with Gasteiger partial charge in [0.1, 0.15) is 6.04 Å². The molecule has 1 N–H and O–H groups in total. The van der Waals surface area contributed by atoms with Crippen LogP contribution in [0.5, 0.6) is 0 Å². The number of nitrogens with one attached hydrogen (secondary N) is 1. The fourth-order valence-corrected chi connectivity index (χ4v) is 2.84. The molecule has 0 fully saturated rings. The SMILES string of the molecule is CNC(=O)C(C)N(Cc1ccc(Cl)cc1)C(=O)Cc1cccc(Cl)c1. The van der Waals surface area contributed by atoms with Crippen LogP contribution in [0.2, 0.25) is 10.0 Å². The third-order valence-corrected chi connectivity index (χ3v) is 4.41. The van der Waals surface area contributed by atoms with E-state index in [0.29, 0.717) is 16.6 Å². The summed E-state index contributed by atoms with van der Waals surface area (Å²) in [4.78, 5) is 26.5. The molecule has 2 rings (SSSR count). The number of nitrogens with zero attached hydrogens (tertiary/aromatic N) is 1. The van der Waals surface area contributed by atoms with E-state index in [4.69, 9.17) is 23.2 Å². The molecular weight excluding hydrogens is 359 g/mol. The van der Waals surface area contributed by atoms with Gasteiger partial charge in [0.15, 0.2) is 0 Å². The molecule has 0 radical (unpaired) electrons. The van der Waals surface area contributed by atoms with Gasteiger partial charge in [-0.05, 0) is 42.3 Å². The fourth-order valence-electron chi connectivity index (χ4n) is 2.50. The first-order valence-corrected chi connectivity index (χ1v) is 8.66. The monoisotopic (exact) mass is 378 g/mol. The van der Waals surface area contributed by atoms with Crippen LogP contribution in [-0.2, 0) is 22.6 Å². The van der Waals surface area contributed by atoms with E-state index in [9.17, 15) is 9.59 Å². The summed E-state index contributed by atoms with van der Waals surface area (Å²) in [5, 5.41) is 3.80. The fraction of sp³-hybridized carbons (Fsp3) is 0.263. The molecule has 0 heterocycles. The van der Waals surface area contributed by atoms with Gasteiger partial charge in [-0.15, -0.1) is 0 Å².